The molecule has 172 valence electrons. The van der Waals surface area contributed by atoms with E-state index in [0.717, 1.165) is 27.7 Å². The summed E-state index contributed by atoms with van der Waals surface area (Å²) < 4.78 is 42.2. The lowest BCUT2D eigenvalue weighted by atomic mass is 9.71. The van der Waals surface area contributed by atoms with Crippen molar-refractivity contribution in [3.05, 3.63) is 95.9 Å². The average Bonchev–Trinajstić information content (AvgIpc) is 3.22. The van der Waals surface area contributed by atoms with E-state index in [9.17, 15) is 12.8 Å². The van der Waals surface area contributed by atoms with Crippen molar-refractivity contribution in [3.8, 4) is 5.69 Å². The molecule has 0 saturated carbocycles. The Morgan fingerprint density at radius 3 is 2.36 bits per heavy atom. The second-order valence-electron chi connectivity index (χ2n) is 8.91. The lowest BCUT2D eigenvalue weighted by Gasteiger charge is -2.35. The molecule has 0 aliphatic heterocycles. The first-order valence-electron chi connectivity index (χ1n) is 11.0. The first kappa shape index (κ1) is 23.1. The number of nitrogens with one attached hydrogen (secondary N) is 1. The first-order valence-corrected chi connectivity index (χ1v) is 12.6. The largest absolute Gasteiger partial charge is 0.233 e. The maximum absolute atomic E-state index is 13.3. The summed E-state index contributed by atoms with van der Waals surface area (Å²) in [6.07, 6.45) is 1.80. The van der Waals surface area contributed by atoms with Crippen molar-refractivity contribution in [2.75, 3.05) is 12.3 Å². The number of halogens is 1. The lowest BCUT2D eigenvalue weighted by Crippen LogP contribution is -2.38. The zero-order valence-electron chi connectivity index (χ0n) is 19.0. The molecule has 4 rings (SSSR count). The summed E-state index contributed by atoms with van der Waals surface area (Å²) in [5, 5.41) is 5.47. The molecule has 0 aliphatic rings. The molecule has 0 unspecified atom stereocenters. The fourth-order valence-electron chi connectivity index (χ4n) is 4.26. The van der Waals surface area contributed by atoms with Crippen LogP contribution in [0.4, 0.5) is 4.39 Å². The Morgan fingerprint density at radius 2 is 1.70 bits per heavy atom. The van der Waals surface area contributed by atoms with Gasteiger partial charge >= 0.3 is 0 Å². The van der Waals surface area contributed by atoms with Crippen LogP contribution in [0.15, 0.2) is 79.0 Å². The fourth-order valence-corrected chi connectivity index (χ4v) is 5.06. The van der Waals surface area contributed by atoms with Gasteiger partial charge in [0.25, 0.3) is 0 Å². The van der Waals surface area contributed by atoms with E-state index in [4.69, 9.17) is 0 Å². The Kier molecular flexibility index (Phi) is 6.36. The van der Waals surface area contributed by atoms with E-state index < -0.39 is 15.4 Å². The van der Waals surface area contributed by atoms with E-state index in [-0.39, 0.29) is 17.5 Å². The molecule has 0 aliphatic carbocycles. The van der Waals surface area contributed by atoms with Crippen molar-refractivity contribution in [1.82, 2.24) is 14.5 Å². The zero-order valence-corrected chi connectivity index (χ0v) is 19.8. The van der Waals surface area contributed by atoms with Gasteiger partial charge in [-0.2, -0.15) is 5.10 Å². The normalized spacial score (nSPS) is 13.3. The van der Waals surface area contributed by atoms with Crippen LogP contribution in [0, 0.1) is 11.2 Å². The Labute approximate surface area is 194 Å². The van der Waals surface area contributed by atoms with Crippen LogP contribution in [0.3, 0.4) is 0 Å². The van der Waals surface area contributed by atoms with Crippen molar-refractivity contribution in [2.45, 2.75) is 26.7 Å². The van der Waals surface area contributed by atoms with E-state index in [1.54, 1.807) is 29.9 Å². The molecule has 1 atom stereocenters. The Hall–Kier alpha value is -3.03. The van der Waals surface area contributed by atoms with Gasteiger partial charge in [0.1, 0.15) is 5.82 Å². The maximum Gasteiger partial charge on any atom is 0.211 e. The SMILES string of the molecule is CCS(=O)(=O)NCC(C)(C)[C@@H](c1ccccc1)c1ccc2c(cnn2-c2ccc(F)cc2)c1. The molecule has 3 aromatic carbocycles. The summed E-state index contributed by atoms with van der Waals surface area (Å²) in [5.41, 5.74) is 3.50. The number of rotatable bonds is 8. The molecule has 1 heterocycles. The van der Waals surface area contributed by atoms with Crippen LogP contribution in [-0.2, 0) is 10.0 Å². The number of nitrogens with zero attached hydrogens (tertiary/aromatic N) is 2. The standard InChI is InChI=1S/C26H28FN3O2S/c1-4-33(31,32)29-18-26(2,3)25(19-8-6-5-7-9-19)20-10-15-24-21(16-20)17-28-30(24)23-13-11-22(27)12-14-23/h5-17,25,29H,4,18H2,1-3H3/t25-/m0/s1. The number of sulfonamides is 1. The van der Waals surface area contributed by atoms with Crippen molar-refractivity contribution >= 4 is 20.9 Å². The molecule has 7 heteroatoms. The van der Waals surface area contributed by atoms with Crippen molar-refractivity contribution in [1.29, 1.82) is 0 Å². The third kappa shape index (κ3) is 4.99. The molecule has 0 bridgehead atoms. The predicted molar refractivity (Wildman–Crippen MR) is 131 cm³/mol. The van der Waals surface area contributed by atoms with Crippen LogP contribution < -0.4 is 4.72 Å². The summed E-state index contributed by atoms with van der Waals surface area (Å²) in [5.74, 6) is -0.283. The fraction of sp³-hybridized carbons (Fsp3) is 0.269. The third-order valence-electron chi connectivity index (χ3n) is 6.04. The van der Waals surface area contributed by atoms with Gasteiger partial charge in [-0.25, -0.2) is 22.2 Å². The highest BCUT2D eigenvalue weighted by Gasteiger charge is 2.33. The van der Waals surface area contributed by atoms with Gasteiger partial charge < -0.3 is 0 Å². The molecule has 0 radical (unpaired) electrons. The minimum atomic E-state index is -3.31. The molecule has 0 spiro atoms. The van der Waals surface area contributed by atoms with Gasteiger partial charge in [-0.05, 0) is 59.9 Å². The number of hydrogen-bond donors (Lipinski definition) is 1. The number of aromatic nitrogens is 2. The van der Waals surface area contributed by atoms with Crippen molar-refractivity contribution in [3.63, 3.8) is 0 Å². The summed E-state index contributed by atoms with van der Waals surface area (Å²) in [6, 6.07) is 22.6. The van der Waals surface area contributed by atoms with E-state index >= 15 is 0 Å². The van der Waals surface area contributed by atoms with Gasteiger partial charge in [0.2, 0.25) is 10.0 Å². The van der Waals surface area contributed by atoms with E-state index in [1.165, 1.54) is 12.1 Å². The Balaban J connectivity index is 1.75. The van der Waals surface area contributed by atoms with Crippen LogP contribution in [0.1, 0.15) is 37.8 Å². The topological polar surface area (TPSA) is 64.0 Å². The highest BCUT2D eigenvalue weighted by atomic mass is 32.2. The third-order valence-corrected chi connectivity index (χ3v) is 7.38. The van der Waals surface area contributed by atoms with Crippen LogP contribution in [-0.4, -0.2) is 30.5 Å². The number of benzene rings is 3. The maximum atomic E-state index is 13.3. The second kappa shape index (κ2) is 9.08. The van der Waals surface area contributed by atoms with E-state index in [2.05, 4.69) is 47.9 Å². The zero-order chi connectivity index (χ0) is 23.6. The Morgan fingerprint density at radius 1 is 1.00 bits per heavy atom. The van der Waals surface area contributed by atoms with Crippen LogP contribution in [0.2, 0.25) is 0 Å². The number of hydrogen-bond acceptors (Lipinski definition) is 3. The van der Waals surface area contributed by atoms with Crippen LogP contribution >= 0.6 is 0 Å². The summed E-state index contributed by atoms with van der Waals surface area (Å²) in [4.78, 5) is 0. The first-order chi connectivity index (χ1) is 15.7. The average molecular weight is 466 g/mol. The molecular weight excluding hydrogens is 437 g/mol. The van der Waals surface area contributed by atoms with Gasteiger partial charge in [-0.1, -0.05) is 50.2 Å². The van der Waals surface area contributed by atoms with E-state index in [0.29, 0.717) is 6.54 Å². The highest BCUT2D eigenvalue weighted by molar-refractivity contribution is 7.89. The molecule has 4 aromatic rings. The molecule has 1 aromatic heterocycles. The summed E-state index contributed by atoms with van der Waals surface area (Å²) >= 11 is 0. The monoisotopic (exact) mass is 465 g/mol. The molecule has 0 amide bonds. The molecule has 5 nitrogen and oxygen atoms in total. The van der Waals surface area contributed by atoms with E-state index in [1.807, 2.05) is 24.3 Å². The van der Waals surface area contributed by atoms with Gasteiger partial charge in [0.15, 0.2) is 0 Å². The summed E-state index contributed by atoms with van der Waals surface area (Å²) in [7, 11) is -3.31. The minimum absolute atomic E-state index is 0.0446. The molecule has 0 saturated heterocycles. The van der Waals surface area contributed by atoms with Crippen molar-refractivity contribution in [2.24, 2.45) is 5.41 Å². The van der Waals surface area contributed by atoms with Gasteiger partial charge in [-0.3, -0.25) is 0 Å². The smallest absolute Gasteiger partial charge is 0.211 e. The molecule has 33 heavy (non-hydrogen) atoms. The molecule has 1 N–H and O–H groups in total. The summed E-state index contributed by atoms with van der Waals surface area (Å²) in [6.45, 7) is 6.11. The van der Waals surface area contributed by atoms with Crippen LogP contribution in [0.25, 0.3) is 16.6 Å². The highest BCUT2D eigenvalue weighted by Crippen LogP contribution is 2.41. The van der Waals surface area contributed by atoms with Crippen molar-refractivity contribution < 1.29 is 12.8 Å². The molecule has 0 fully saturated rings. The van der Waals surface area contributed by atoms with Gasteiger partial charge in [0.05, 0.1) is 23.2 Å². The Bertz CT molecular complexity index is 1350. The number of fused-ring (bicyclic) bond motifs is 1. The van der Waals surface area contributed by atoms with Crippen LogP contribution in [0.5, 0.6) is 0 Å². The lowest BCUT2D eigenvalue weighted by molar-refractivity contribution is 0.317. The van der Waals surface area contributed by atoms with Gasteiger partial charge in [-0.15, -0.1) is 0 Å². The molecular formula is C26H28FN3O2S. The minimum Gasteiger partial charge on any atom is -0.233 e. The predicted octanol–water partition coefficient (Wildman–Crippen LogP) is 5.26. The quantitative estimate of drug-likeness (QED) is 0.386. The second-order valence-corrected chi connectivity index (χ2v) is 11.0. The van der Waals surface area contributed by atoms with Gasteiger partial charge in [0, 0.05) is 17.8 Å².